The normalized spacial score (nSPS) is 13.9. The summed E-state index contributed by atoms with van der Waals surface area (Å²) in [5.74, 6) is -3.18. The van der Waals surface area contributed by atoms with Crippen LogP contribution in [0.2, 0.25) is 0 Å². The monoisotopic (exact) mass is 513 g/mol. The molecule has 0 bridgehead atoms. The Balaban J connectivity index is 3.23. The first kappa shape index (κ1) is 30.5. The average Bonchev–Trinajstić information content (AvgIpc) is 2.79. The molecule has 0 fully saturated rings. The van der Waals surface area contributed by atoms with Gasteiger partial charge in [0.25, 0.3) is 0 Å². The van der Waals surface area contributed by atoms with E-state index in [1.807, 2.05) is 6.92 Å². The molecule has 0 radical (unpaired) electrons. The van der Waals surface area contributed by atoms with Crippen LogP contribution < -0.4 is 15.2 Å². The minimum atomic E-state index is -1.41. The zero-order valence-electron chi connectivity index (χ0n) is 21.2. The van der Waals surface area contributed by atoms with E-state index in [2.05, 4.69) is 0 Å². The van der Waals surface area contributed by atoms with Crippen LogP contribution >= 0.6 is 0 Å². The van der Waals surface area contributed by atoms with E-state index in [-0.39, 0.29) is 37.4 Å². The smallest absolute Gasteiger partial charge is 0.480 e. The van der Waals surface area contributed by atoms with Gasteiger partial charge in [-0.1, -0.05) is 26.3 Å². The Morgan fingerprint density at radius 2 is 1.47 bits per heavy atom. The number of nitrogens with two attached hydrogens (primary N) is 1. The summed E-state index contributed by atoms with van der Waals surface area (Å²) in [5.41, 5.74) is 6.29. The first-order valence-corrected chi connectivity index (χ1v) is 11.7. The van der Waals surface area contributed by atoms with Gasteiger partial charge in [-0.05, 0) is 50.8 Å². The van der Waals surface area contributed by atoms with Crippen LogP contribution in [-0.2, 0) is 23.7 Å². The van der Waals surface area contributed by atoms with Gasteiger partial charge in [-0.15, -0.1) is 0 Å². The highest BCUT2D eigenvalue weighted by atomic mass is 16.7. The second-order valence-corrected chi connectivity index (χ2v) is 7.92. The SMILES string of the molecule is CCCC(C)OC(=O)OCC(C)C(c1ccc(OC(=O)OCC)c(OC(=O)OCC)c1)[C@H](N)C(=O)O. The van der Waals surface area contributed by atoms with Gasteiger partial charge in [0, 0.05) is 5.92 Å². The van der Waals surface area contributed by atoms with Crippen molar-refractivity contribution in [1.29, 1.82) is 0 Å². The van der Waals surface area contributed by atoms with Crippen molar-refractivity contribution in [2.45, 2.75) is 65.5 Å². The van der Waals surface area contributed by atoms with Gasteiger partial charge in [0.15, 0.2) is 11.5 Å². The number of hydrogen-bond donors (Lipinski definition) is 2. The number of hydrogen-bond acceptors (Lipinski definition) is 11. The summed E-state index contributed by atoms with van der Waals surface area (Å²) < 4.78 is 30.1. The Morgan fingerprint density at radius 1 is 0.889 bits per heavy atom. The molecule has 12 heteroatoms. The molecule has 0 amide bonds. The van der Waals surface area contributed by atoms with E-state index < -0.39 is 42.3 Å². The lowest BCUT2D eigenvalue weighted by molar-refractivity contribution is -0.139. The lowest BCUT2D eigenvalue weighted by Gasteiger charge is -2.28. The third kappa shape index (κ3) is 9.98. The number of carbonyl (C=O) groups is 4. The fourth-order valence-electron chi connectivity index (χ4n) is 3.38. The number of aliphatic carboxylic acids is 1. The van der Waals surface area contributed by atoms with E-state index in [0.29, 0.717) is 12.0 Å². The van der Waals surface area contributed by atoms with Crippen LogP contribution in [0, 0.1) is 5.92 Å². The van der Waals surface area contributed by atoms with Gasteiger partial charge in [0.1, 0.15) is 12.1 Å². The Hall–Kier alpha value is -3.54. The molecular formula is C24H35NO11. The van der Waals surface area contributed by atoms with Crippen molar-refractivity contribution in [3.05, 3.63) is 23.8 Å². The van der Waals surface area contributed by atoms with Crippen molar-refractivity contribution < 1.29 is 52.7 Å². The van der Waals surface area contributed by atoms with E-state index >= 15 is 0 Å². The Labute approximate surface area is 209 Å². The molecule has 0 heterocycles. The lowest BCUT2D eigenvalue weighted by atomic mass is 9.82. The van der Waals surface area contributed by atoms with Crippen LogP contribution in [0.15, 0.2) is 18.2 Å². The molecule has 1 rings (SSSR count). The van der Waals surface area contributed by atoms with Gasteiger partial charge >= 0.3 is 24.4 Å². The molecule has 3 unspecified atom stereocenters. The molecular weight excluding hydrogens is 478 g/mol. The molecule has 12 nitrogen and oxygen atoms in total. The molecule has 4 atom stereocenters. The molecule has 1 aromatic rings. The average molecular weight is 514 g/mol. The maximum Gasteiger partial charge on any atom is 0.513 e. The van der Waals surface area contributed by atoms with Gasteiger partial charge < -0.3 is 39.3 Å². The maximum absolute atomic E-state index is 12.0. The summed E-state index contributed by atoms with van der Waals surface area (Å²) in [7, 11) is 0. The molecule has 202 valence electrons. The highest BCUT2D eigenvalue weighted by Crippen LogP contribution is 2.36. The second-order valence-electron chi connectivity index (χ2n) is 7.92. The van der Waals surface area contributed by atoms with E-state index in [0.717, 1.165) is 6.42 Å². The van der Waals surface area contributed by atoms with Gasteiger partial charge in [-0.3, -0.25) is 4.79 Å². The number of carboxylic acid groups (broad SMARTS) is 1. The zero-order valence-corrected chi connectivity index (χ0v) is 21.2. The van der Waals surface area contributed by atoms with Crippen molar-refractivity contribution in [1.82, 2.24) is 0 Å². The van der Waals surface area contributed by atoms with Crippen molar-refractivity contribution in [2.75, 3.05) is 19.8 Å². The lowest BCUT2D eigenvalue weighted by Crippen LogP contribution is -2.40. The molecule has 0 aliphatic carbocycles. The van der Waals surface area contributed by atoms with Gasteiger partial charge in [-0.2, -0.15) is 0 Å². The molecule has 0 aliphatic heterocycles. The highest BCUT2D eigenvalue weighted by molar-refractivity contribution is 5.75. The molecule has 1 aromatic carbocycles. The molecule has 0 aliphatic rings. The molecule has 0 saturated carbocycles. The van der Waals surface area contributed by atoms with E-state index in [1.165, 1.54) is 18.2 Å². The first-order chi connectivity index (χ1) is 17.0. The predicted octanol–water partition coefficient (Wildman–Crippen LogP) is 4.23. The van der Waals surface area contributed by atoms with Crippen molar-refractivity contribution in [3.8, 4) is 11.5 Å². The second kappa shape index (κ2) is 15.5. The van der Waals surface area contributed by atoms with Crippen LogP contribution in [-0.4, -0.2) is 61.5 Å². The quantitative estimate of drug-likeness (QED) is 0.219. The van der Waals surface area contributed by atoms with E-state index in [4.69, 9.17) is 34.2 Å². The van der Waals surface area contributed by atoms with Gasteiger partial charge in [0.2, 0.25) is 0 Å². The number of benzene rings is 1. The van der Waals surface area contributed by atoms with Gasteiger partial charge in [-0.25, -0.2) is 14.4 Å². The van der Waals surface area contributed by atoms with Crippen molar-refractivity contribution in [2.24, 2.45) is 11.7 Å². The van der Waals surface area contributed by atoms with Gasteiger partial charge in [0.05, 0.1) is 19.8 Å². The summed E-state index contributed by atoms with van der Waals surface area (Å²) in [4.78, 5) is 47.5. The molecule has 36 heavy (non-hydrogen) atoms. The Morgan fingerprint density at radius 3 is 2.00 bits per heavy atom. The summed E-state index contributed by atoms with van der Waals surface area (Å²) in [6.07, 6.45) is -1.81. The fraction of sp³-hybridized carbons (Fsp3) is 0.583. The third-order valence-corrected chi connectivity index (χ3v) is 5.01. The maximum atomic E-state index is 12.0. The number of rotatable bonds is 13. The minimum absolute atomic E-state index is 0.0282. The van der Waals surface area contributed by atoms with Crippen LogP contribution in [0.25, 0.3) is 0 Å². The summed E-state index contributed by atoms with van der Waals surface area (Å²) >= 11 is 0. The predicted molar refractivity (Wildman–Crippen MR) is 126 cm³/mol. The molecule has 3 N–H and O–H groups in total. The van der Waals surface area contributed by atoms with Crippen LogP contribution in [0.1, 0.15) is 58.9 Å². The standard InChI is InChI=1S/C24H35NO11/c1-6-9-15(5)34-24(30)33-13-14(4)19(20(25)21(26)27)16-10-11-17(35-22(28)31-7-2)18(12-16)36-23(29)32-8-3/h10-12,14-15,19-20H,6-9,13,25H2,1-5H3,(H,26,27)/t14?,15?,19?,20-/m0/s1. The Kier molecular flexibility index (Phi) is 13.1. The van der Waals surface area contributed by atoms with Crippen molar-refractivity contribution in [3.63, 3.8) is 0 Å². The zero-order chi connectivity index (χ0) is 27.3. The largest absolute Gasteiger partial charge is 0.513 e. The summed E-state index contributed by atoms with van der Waals surface area (Å²) in [6, 6.07) is 2.65. The van der Waals surface area contributed by atoms with Crippen LogP contribution in [0.3, 0.4) is 0 Å². The number of carboxylic acids is 1. The molecule has 0 aromatic heterocycles. The topological polar surface area (TPSA) is 170 Å². The van der Waals surface area contributed by atoms with E-state index in [9.17, 15) is 24.3 Å². The van der Waals surface area contributed by atoms with E-state index in [1.54, 1.807) is 27.7 Å². The molecule has 0 saturated heterocycles. The highest BCUT2D eigenvalue weighted by Gasteiger charge is 2.33. The summed E-state index contributed by atoms with van der Waals surface area (Å²) in [5, 5.41) is 9.59. The fourth-order valence-corrected chi connectivity index (χ4v) is 3.38. The first-order valence-electron chi connectivity index (χ1n) is 11.7. The third-order valence-electron chi connectivity index (χ3n) is 5.01. The summed E-state index contributed by atoms with van der Waals surface area (Å²) in [6.45, 7) is 8.38. The van der Waals surface area contributed by atoms with Crippen LogP contribution in [0.4, 0.5) is 14.4 Å². The Bertz CT molecular complexity index is 889. The van der Waals surface area contributed by atoms with Crippen LogP contribution in [0.5, 0.6) is 11.5 Å². The minimum Gasteiger partial charge on any atom is -0.480 e. The molecule has 0 spiro atoms. The number of carbonyl (C=O) groups excluding carboxylic acids is 3. The number of ether oxygens (including phenoxy) is 6. The van der Waals surface area contributed by atoms with Crippen molar-refractivity contribution >= 4 is 24.4 Å².